The van der Waals surface area contributed by atoms with Crippen LogP contribution in [0.3, 0.4) is 0 Å². The number of hydrogen-bond donors (Lipinski definition) is 2. The van der Waals surface area contributed by atoms with Crippen molar-refractivity contribution in [1.82, 2.24) is 4.37 Å². The third-order valence-electron chi connectivity index (χ3n) is 8.82. The van der Waals surface area contributed by atoms with Gasteiger partial charge in [-0.1, -0.05) is 86.0 Å². The number of unbranched alkanes of at least 4 members (excludes halogenated alkanes) is 3. The standard InChI is InChI=1S/C33H38Cl3NO4S/c1-2-3-4-5-7-20(12-15-29(38)39)22-17-33(40,18-22)25-14-13-23(16-28(25)36)41-19-24-31(37-42-32(24)21-10-11-21)30-26(34)8-6-9-27(30)35/h6,8-9,13-14,16,20-22,40H,2-5,7,10-12,15,17-19H2,1H3,(H,38,39). The number of aliphatic carboxylic acids is 1. The largest absolute Gasteiger partial charge is 0.489 e. The van der Waals surface area contributed by atoms with Gasteiger partial charge in [-0.05, 0) is 85.7 Å². The predicted molar refractivity (Wildman–Crippen MR) is 171 cm³/mol. The fourth-order valence-electron chi connectivity index (χ4n) is 6.29. The summed E-state index contributed by atoms with van der Waals surface area (Å²) in [6.07, 6.45) is 9.95. The van der Waals surface area contributed by atoms with Crippen molar-refractivity contribution in [3.8, 4) is 17.0 Å². The molecule has 2 saturated carbocycles. The molecule has 0 radical (unpaired) electrons. The number of carboxylic acid groups (broad SMARTS) is 1. The molecule has 2 aliphatic rings. The van der Waals surface area contributed by atoms with E-state index < -0.39 is 11.6 Å². The highest BCUT2D eigenvalue weighted by Crippen LogP contribution is 2.53. The Balaban J connectivity index is 1.26. The fourth-order valence-corrected chi connectivity index (χ4v) is 8.25. The zero-order valence-electron chi connectivity index (χ0n) is 23.9. The van der Waals surface area contributed by atoms with Gasteiger partial charge in [0.2, 0.25) is 0 Å². The van der Waals surface area contributed by atoms with Crippen LogP contribution >= 0.6 is 46.3 Å². The van der Waals surface area contributed by atoms with Gasteiger partial charge >= 0.3 is 5.97 Å². The molecule has 2 aromatic carbocycles. The third-order valence-corrected chi connectivity index (χ3v) is 10.8. The molecule has 1 unspecified atom stereocenters. The van der Waals surface area contributed by atoms with Crippen LogP contribution in [0.5, 0.6) is 5.75 Å². The Morgan fingerprint density at radius 1 is 1.07 bits per heavy atom. The number of ether oxygens (including phenoxy) is 1. The predicted octanol–water partition coefficient (Wildman–Crippen LogP) is 10.3. The average Bonchev–Trinajstić information content (AvgIpc) is 3.70. The minimum atomic E-state index is -1.00. The highest BCUT2D eigenvalue weighted by atomic mass is 35.5. The lowest BCUT2D eigenvalue weighted by Gasteiger charge is -2.48. The minimum Gasteiger partial charge on any atom is -0.489 e. The van der Waals surface area contributed by atoms with Crippen LogP contribution in [0.4, 0.5) is 0 Å². The number of halogens is 3. The lowest BCUT2D eigenvalue weighted by atomic mass is 9.61. The first-order valence-corrected chi connectivity index (χ1v) is 16.9. The molecular weight excluding hydrogens is 613 g/mol. The van der Waals surface area contributed by atoms with Gasteiger partial charge in [-0.15, -0.1) is 0 Å². The molecule has 9 heteroatoms. The Bertz CT molecular complexity index is 1380. The number of nitrogens with zero attached hydrogens (tertiary/aromatic N) is 1. The summed E-state index contributed by atoms with van der Waals surface area (Å²) in [5.74, 6) is 0.952. The Morgan fingerprint density at radius 2 is 1.81 bits per heavy atom. The summed E-state index contributed by atoms with van der Waals surface area (Å²) in [7, 11) is 0. The second-order valence-corrected chi connectivity index (χ2v) is 13.9. The number of hydrogen-bond acceptors (Lipinski definition) is 5. The van der Waals surface area contributed by atoms with Crippen molar-refractivity contribution in [3.63, 3.8) is 0 Å². The van der Waals surface area contributed by atoms with E-state index in [-0.39, 0.29) is 6.42 Å². The van der Waals surface area contributed by atoms with E-state index >= 15 is 0 Å². The molecule has 0 bridgehead atoms. The number of aliphatic hydroxyl groups is 1. The summed E-state index contributed by atoms with van der Waals surface area (Å²) in [6, 6.07) is 11.0. The van der Waals surface area contributed by atoms with Gasteiger partial charge in [0.15, 0.2) is 0 Å². The van der Waals surface area contributed by atoms with E-state index in [0.29, 0.717) is 70.0 Å². The maximum atomic E-state index is 11.5. The number of benzene rings is 2. The molecule has 2 N–H and O–H groups in total. The number of rotatable bonds is 15. The molecule has 226 valence electrons. The van der Waals surface area contributed by atoms with Gasteiger partial charge in [0.1, 0.15) is 12.4 Å². The first-order chi connectivity index (χ1) is 20.2. The zero-order chi connectivity index (χ0) is 29.9. The molecule has 5 rings (SSSR count). The van der Waals surface area contributed by atoms with Gasteiger partial charge in [0.25, 0.3) is 0 Å². The molecule has 0 saturated heterocycles. The molecule has 2 aliphatic carbocycles. The van der Waals surface area contributed by atoms with E-state index in [2.05, 4.69) is 6.92 Å². The Kier molecular flexibility index (Phi) is 10.4. The van der Waals surface area contributed by atoms with Gasteiger partial charge < -0.3 is 14.9 Å². The summed E-state index contributed by atoms with van der Waals surface area (Å²) in [5, 5.41) is 22.3. The number of aromatic nitrogens is 1. The Morgan fingerprint density at radius 3 is 2.45 bits per heavy atom. The monoisotopic (exact) mass is 649 g/mol. The van der Waals surface area contributed by atoms with Crippen LogP contribution in [0.15, 0.2) is 36.4 Å². The van der Waals surface area contributed by atoms with Crippen LogP contribution < -0.4 is 4.74 Å². The normalized spacial score (nSPS) is 20.7. The van der Waals surface area contributed by atoms with Crippen LogP contribution in [0.25, 0.3) is 11.3 Å². The van der Waals surface area contributed by atoms with Crippen LogP contribution in [-0.2, 0) is 17.0 Å². The van der Waals surface area contributed by atoms with Crippen LogP contribution in [0.2, 0.25) is 15.1 Å². The molecule has 1 atom stereocenters. The van der Waals surface area contributed by atoms with Crippen molar-refractivity contribution in [2.75, 3.05) is 0 Å². The topological polar surface area (TPSA) is 79.7 Å². The van der Waals surface area contributed by atoms with Crippen LogP contribution in [0, 0.1) is 11.8 Å². The molecule has 1 aromatic heterocycles. The molecule has 42 heavy (non-hydrogen) atoms. The molecule has 5 nitrogen and oxygen atoms in total. The molecule has 1 heterocycles. The second-order valence-electron chi connectivity index (χ2n) is 11.9. The van der Waals surface area contributed by atoms with Crippen molar-refractivity contribution in [2.24, 2.45) is 11.8 Å². The summed E-state index contributed by atoms with van der Waals surface area (Å²) in [4.78, 5) is 12.5. The molecule has 0 aliphatic heterocycles. The molecular formula is C33H38Cl3NO4S. The summed E-state index contributed by atoms with van der Waals surface area (Å²) >= 11 is 21.3. The van der Waals surface area contributed by atoms with E-state index in [9.17, 15) is 15.0 Å². The Labute approximate surface area is 267 Å². The van der Waals surface area contributed by atoms with E-state index in [4.69, 9.17) is 43.9 Å². The molecule has 0 amide bonds. The summed E-state index contributed by atoms with van der Waals surface area (Å²) < 4.78 is 11.0. The van der Waals surface area contributed by atoms with Crippen molar-refractivity contribution < 1.29 is 19.7 Å². The van der Waals surface area contributed by atoms with Crippen molar-refractivity contribution >= 4 is 52.3 Å². The number of carboxylic acids is 1. The average molecular weight is 651 g/mol. The van der Waals surface area contributed by atoms with Gasteiger partial charge in [-0.25, -0.2) is 0 Å². The van der Waals surface area contributed by atoms with E-state index in [1.807, 2.05) is 30.3 Å². The first-order valence-electron chi connectivity index (χ1n) is 15.0. The van der Waals surface area contributed by atoms with Crippen molar-refractivity contribution in [2.45, 2.75) is 95.7 Å². The highest BCUT2D eigenvalue weighted by Gasteiger charge is 2.47. The van der Waals surface area contributed by atoms with Gasteiger partial charge in [-0.2, -0.15) is 4.37 Å². The third kappa shape index (κ3) is 7.27. The van der Waals surface area contributed by atoms with Crippen LogP contribution in [-0.4, -0.2) is 20.6 Å². The van der Waals surface area contributed by atoms with E-state index in [1.165, 1.54) is 35.7 Å². The SMILES string of the molecule is CCCCCCC(CCC(=O)O)C1CC(O)(c2ccc(OCc3c(-c4c(Cl)cccc4Cl)nsc3C3CC3)cc2Cl)C1. The number of carbonyl (C=O) groups is 1. The van der Waals surface area contributed by atoms with Gasteiger partial charge in [0, 0.05) is 28.0 Å². The molecule has 0 spiro atoms. The lowest BCUT2D eigenvalue weighted by molar-refractivity contribution is -0.138. The van der Waals surface area contributed by atoms with Crippen molar-refractivity contribution in [3.05, 3.63) is 67.5 Å². The summed E-state index contributed by atoms with van der Waals surface area (Å²) in [6.45, 7) is 2.50. The fraction of sp³-hybridized carbons (Fsp3) is 0.515. The first kappa shape index (κ1) is 31.6. The second kappa shape index (κ2) is 13.9. The zero-order valence-corrected chi connectivity index (χ0v) is 27.0. The highest BCUT2D eigenvalue weighted by molar-refractivity contribution is 7.06. The van der Waals surface area contributed by atoms with E-state index in [1.54, 1.807) is 6.07 Å². The van der Waals surface area contributed by atoms with Gasteiger partial charge in [-0.3, -0.25) is 4.79 Å². The maximum absolute atomic E-state index is 11.5. The van der Waals surface area contributed by atoms with Gasteiger partial charge in [0.05, 0.1) is 26.4 Å². The summed E-state index contributed by atoms with van der Waals surface area (Å²) in [5.41, 5.74) is 2.20. The van der Waals surface area contributed by atoms with E-state index in [0.717, 1.165) is 42.5 Å². The van der Waals surface area contributed by atoms with Crippen LogP contribution in [0.1, 0.15) is 99.5 Å². The minimum absolute atomic E-state index is 0.173. The van der Waals surface area contributed by atoms with Crippen molar-refractivity contribution in [1.29, 1.82) is 0 Å². The molecule has 3 aromatic rings. The quantitative estimate of drug-likeness (QED) is 0.160. The maximum Gasteiger partial charge on any atom is 0.303 e. The smallest absolute Gasteiger partial charge is 0.303 e. The Hall–Kier alpha value is -1.83. The lowest BCUT2D eigenvalue weighted by Crippen LogP contribution is -2.44. The molecule has 2 fully saturated rings.